The minimum absolute atomic E-state index is 0.706. The van der Waals surface area contributed by atoms with E-state index in [0.29, 0.717) is 6.04 Å². The van der Waals surface area contributed by atoms with Crippen LogP contribution in [0.4, 0.5) is 0 Å². The molecule has 0 bridgehead atoms. The van der Waals surface area contributed by atoms with Gasteiger partial charge in [0.2, 0.25) is 0 Å². The standard InChI is InChI=1S/C10H18N4/c1-2-14-10(12-8-13-14)7-11-9-5-3-4-6-9/h8-9,11H,2-7H2,1H3. The first-order valence-electron chi connectivity index (χ1n) is 5.50. The average Bonchev–Trinajstić information content (AvgIpc) is 2.85. The molecule has 0 aliphatic heterocycles. The van der Waals surface area contributed by atoms with Crippen LogP contribution in [0.3, 0.4) is 0 Å². The van der Waals surface area contributed by atoms with Crippen LogP contribution >= 0.6 is 0 Å². The molecule has 1 saturated carbocycles. The van der Waals surface area contributed by atoms with Crippen molar-refractivity contribution < 1.29 is 0 Å². The quantitative estimate of drug-likeness (QED) is 0.786. The molecule has 0 amide bonds. The Morgan fingerprint density at radius 3 is 3.00 bits per heavy atom. The Bertz CT molecular complexity index is 275. The molecule has 0 radical (unpaired) electrons. The van der Waals surface area contributed by atoms with E-state index < -0.39 is 0 Å². The van der Waals surface area contributed by atoms with Crippen molar-refractivity contribution in [2.45, 2.75) is 51.7 Å². The van der Waals surface area contributed by atoms with Crippen LogP contribution in [-0.2, 0) is 13.1 Å². The molecule has 4 heteroatoms. The Hall–Kier alpha value is -0.900. The predicted molar refractivity (Wildman–Crippen MR) is 54.8 cm³/mol. The topological polar surface area (TPSA) is 42.7 Å². The maximum atomic E-state index is 4.24. The number of aryl methyl sites for hydroxylation is 1. The van der Waals surface area contributed by atoms with Gasteiger partial charge >= 0.3 is 0 Å². The van der Waals surface area contributed by atoms with E-state index in [2.05, 4.69) is 22.3 Å². The van der Waals surface area contributed by atoms with Crippen LogP contribution in [0.2, 0.25) is 0 Å². The monoisotopic (exact) mass is 194 g/mol. The van der Waals surface area contributed by atoms with E-state index in [9.17, 15) is 0 Å². The molecule has 0 saturated heterocycles. The lowest BCUT2D eigenvalue weighted by Crippen LogP contribution is -2.27. The molecule has 2 rings (SSSR count). The van der Waals surface area contributed by atoms with Gasteiger partial charge in [-0.1, -0.05) is 12.8 Å². The maximum absolute atomic E-state index is 4.24. The summed E-state index contributed by atoms with van der Waals surface area (Å²) in [5.74, 6) is 1.06. The fourth-order valence-corrected chi connectivity index (χ4v) is 2.05. The summed E-state index contributed by atoms with van der Waals surface area (Å²) < 4.78 is 1.95. The third-order valence-corrected chi connectivity index (χ3v) is 2.90. The van der Waals surface area contributed by atoms with Crippen LogP contribution in [0.25, 0.3) is 0 Å². The van der Waals surface area contributed by atoms with Crippen molar-refractivity contribution in [3.8, 4) is 0 Å². The summed E-state index contributed by atoms with van der Waals surface area (Å²) >= 11 is 0. The summed E-state index contributed by atoms with van der Waals surface area (Å²) in [6, 6.07) is 0.706. The number of hydrogen-bond acceptors (Lipinski definition) is 3. The normalized spacial score (nSPS) is 17.8. The number of aromatic nitrogens is 3. The Kier molecular flexibility index (Phi) is 3.14. The molecule has 0 spiro atoms. The van der Waals surface area contributed by atoms with Gasteiger partial charge in [0.15, 0.2) is 0 Å². The van der Waals surface area contributed by atoms with Crippen molar-refractivity contribution >= 4 is 0 Å². The summed E-state index contributed by atoms with van der Waals surface area (Å²) in [6.07, 6.45) is 7.02. The zero-order chi connectivity index (χ0) is 9.80. The second-order valence-corrected chi connectivity index (χ2v) is 3.85. The highest BCUT2D eigenvalue weighted by atomic mass is 15.3. The van der Waals surface area contributed by atoms with Crippen LogP contribution in [0, 0.1) is 0 Å². The van der Waals surface area contributed by atoms with Gasteiger partial charge in [-0.15, -0.1) is 0 Å². The molecule has 1 aliphatic rings. The van der Waals surface area contributed by atoms with Crippen LogP contribution < -0.4 is 5.32 Å². The summed E-state index contributed by atoms with van der Waals surface area (Å²) in [5, 5.41) is 7.68. The molecule has 0 aromatic carbocycles. The van der Waals surface area contributed by atoms with E-state index in [1.807, 2.05) is 4.68 Å². The Morgan fingerprint density at radius 1 is 1.50 bits per heavy atom. The third-order valence-electron chi connectivity index (χ3n) is 2.90. The van der Waals surface area contributed by atoms with Crippen LogP contribution in [0.1, 0.15) is 38.4 Å². The molecule has 0 atom stereocenters. The second kappa shape index (κ2) is 4.55. The predicted octanol–water partition coefficient (Wildman–Crippen LogP) is 1.33. The van der Waals surface area contributed by atoms with E-state index in [-0.39, 0.29) is 0 Å². The highest BCUT2D eigenvalue weighted by Crippen LogP contribution is 2.17. The molecular weight excluding hydrogens is 176 g/mol. The van der Waals surface area contributed by atoms with E-state index in [4.69, 9.17) is 0 Å². The molecule has 0 unspecified atom stereocenters. The molecule has 1 aliphatic carbocycles. The maximum Gasteiger partial charge on any atom is 0.140 e. The van der Waals surface area contributed by atoms with E-state index in [1.165, 1.54) is 25.7 Å². The second-order valence-electron chi connectivity index (χ2n) is 3.85. The number of rotatable bonds is 4. The van der Waals surface area contributed by atoms with Gasteiger partial charge in [-0.25, -0.2) is 9.67 Å². The van der Waals surface area contributed by atoms with Gasteiger partial charge < -0.3 is 5.32 Å². The Balaban J connectivity index is 1.84. The van der Waals surface area contributed by atoms with Crippen molar-refractivity contribution in [3.63, 3.8) is 0 Å². The summed E-state index contributed by atoms with van der Waals surface area (Å²) in [4.78, 5) is 4.24. The van der Waals surface area contributed by atoms with E-state index in [1.54, 1.807) is 6.33 Å². The van der Waals surface area contributed by atoms with Gasteiger partial charge in [0.1, 0.15) is 12.2 Å². The Morgan fingerprint density at radius 2 is 2.29 bits per heavy atom. The van der Waals surface area contributed by atoms with Gasteiger partial charge in [0, 0.05) is 12.6 Å². The molecule has 1 N–H and O–H groups in total. The highest BCUT2D eigenvalue weighted by molar-refractivity contribution is 4.85. The Labute approximate surface area is 84.7 Å². The summed E-state index contributed by atoms with van der Waals surface area (Å²) in [7, 11) is 0. The van der Waals surface area contributed by atoms with Gasteiger partial charge in [-0.3, -0.25) is 0 Å². The lowest BCUT2D eigenvalue weighted by Gasteiger charge is -2.11. The van der Waals surface area contributed by atoms with Crippen LogP contribution in [0.15, 0.2) is 6.33 Å². The molecule has 1 fully saturated rings. The smallest absolute Gasteiger partial charge is 0.140 e. The van der Waals surface area contributed by atoms with Crippen molar-refractivity contribution in [3.05, 3.63) is 12.2 Å². The zero-order valence-electron chi connectivity index (χ0n) is 8.74. The minimum atomic E-state index is 0.706. The van der Waals surface area contributed by atoms with Gasteiger partial charge in [0.05, 0.1) is 6.54 Å². The average molecular weight is 194 g/mol. The molecule has 4 nitrogen and oxygen atoms in total. The summed E-state index contributed by atoms with van der Waals surface area (Å²) in [6.45, 7) is 3.86. The minimum Gasteiger partial charge on any atom is -0.307 e. The van der Waals surface area contributed by atoms with Gasteiger partial charge in [0.25, 0.3) is 0 Å². The largest absolute Gasteiger partial charge is 0.307 e. The zero-order valence-corrected chi connectivity index (χ0v) is 8.74. The first-order valence-corrected chi connectivity index (χ1v) is 5.50. The van der Waals surface area contributed by atoms with Crippen LogP contribution in [-0.4, -0.2) is 20.8 Å². The number of hydrogen-bond donors (Lipinski definition) is 1. The van der Waals surface area contributed by atoms with Crippen molar-refractivity contribution in [2.24, 2.45) is 0 Å². The fourth-order valence-electron chi connectivity index (χ4n) is 2.05. The van der Waals surface area contributed by atoms with Crippen molar-refractivity contribution in [2.75, 3.05) is 0 Å². The molecule has 14 heavy (non-hydrogen) atoms. The van der Waals surface area contributed by atoms with Gasteiger partial charge in [-0.2, -0.15) is 5.10 Å². The van der Waals surface area contributed by atoms with Gasteiger partial charge in [-0.05, 0) is 19.8 Å². The van der Waals surface area contributed by atoms with Crippen molar-refractivity contribution in [1.29, 1.82) is 0 Å². The highest BCUT2D eigenvalue weighted by Gasteiger charge is 2.14. The van der Waals surface area contributed by atoms with Crippen molar-refractivity contribution in [1.82, 2.24) is 20.1 Å². The molecule has 1 aromatic heterocycles. The first kappa shape index (κ1) is 9.65. The number of nitrogens with zero attached hydrogens (tertiary/aromatic N) is 3. The first-order chi connectivity index (χ1) is 6.90. The molecular formula is C10H18N4. The molecule has 78 valence electrons. The third kappa shape index (κ3) is 2.12. The fraction of sp³-hybridized carbons (Fsp3) is 0.800. The SMILES string of the molecule is CCn1ncnc1CNC1CCCC1. The van der Waals surface area contributed by atoms with E-state index >= 15 is 0 Å². The lowest BCUT2D eigenvalue weighted by molar-refractivity contribution is 0.492. The van der Waals surface area contributed by atoms with Crippen LogP contribution in [0.5, 0.6) is 0 Å². The lowest BCUT2D eigenvalue weighted by atomic mass is 10.2. The molecule has 1 aromatic rings. The summed E-state index contributed by atoms with van der Waals surface area (Å²) in [5.41, 5.74) is 0. The molecule has 1 heterocycles. The van der Waals surface area contributed by atoms with E-state index in [0.717, 1.165) is 18.9 Å². The number of nitrogens with one attached hydrogen (secondary N) is 1.